The molecule has 1 saturated carbocycles. The van der Waals surface area contributed by atoms with Crippen LogP contribution in [0.4, 0.5) is 0 Å². The second kappa shape index (κ2) is 9.21. The largest absolute Gasteiger partial charge is 0.396 e. The number of aliphatic hydroxyl groups excluding tert-OH is 1. The van der Waals surface area contributed by atoms with Gasteiger partial charge in [-0.1, -0.05) is 47.0 Å². The third kappa shape index (κ3) is 7.84. The smallest absolute Gasteiger partial charge is 0.0459 e. The summed E-state index contributed by atoms with van der Waals surface area (Å²) >= 11 is 0. The van der Waals surface area contributed by atoms with Gasteiger partial charge in [-0.2, -0.15) is 0 Å². The maximum Gasteiger partial charge on any atom is 0.0459 e. The molecule has 0 aromatic rings. The van der Waals surface area contributed by atoms with Crippen molar-refractivity contribution in [3.8, 4) is 0 Å². The van der Waals surface area contributed by atoms with E-state index in [4.69, 9.17) is 5.11 Å². The van der Waals surface area contributed by atoms with E-state index in [2.05, 4.69) is 27.7 Å². The zero-order chi connectivity index (χ0) is 11.7. The zero-order valence-electron chi connectivity index (χ0n) is 11.1. The molecule has 0 saturated heterocycles. The van der Waals surface area contributed by atoms with Crippen LogP contribution in [0.2, 0.25) is 0 Å². The van der Waals surface area contributed by atoms with E-state index in [9.17, 15) is 0 Å². The zero-order valence-corrected chi connectivity index (χ0v) is 11.1. The van der Waals surface area contributed by atoms with Crippen LogP contribution in [0.5, 0.6) is 0 Å². The second-order valence-electron chi connectivity index (χ2n) is 5.41. The molecular weight excluding hydrogens is 184 g/mol. The Morgan fingerprint density at radius 1 is 1.00 bits per heavy atom. The minimum Gasteiger partial charge on any atom is -0.396 e. The van der Waals surface area contributed by atoms with Crippen molar-refractivity contribution in [3.63, 3.8) is 0 Å². The Labute approximate surface area is 96.3 Å². The quantitative estimate of drug-likeness (QED) is 0.744. The number of hydrogen-bond acceptors (Lipinski definition) is 1. The molecule has 0 bridgehead atoms. The number of rotatable bonds is 3. The van der Waals surface area contributed by atoms with Crippen LogP contribution in [0.25, 0.3) is 0 Å². The lowest BCUT2D eigenvalue weighted by molar-refractivity contribution is 0.159. The lowest BCUT2D eigenvalue weighted by Gasteiger charge is -2.28. The summed E-state index contributed by atoms with van der Waals surface area (Å²) in [6.45, 7) is 9.27. The maximum atomic E-state index is 8.96. The summed E-state index contributed by atoms with van der Waals surface area (Å²) in [4.78, 5) is 0. The van der Waals surface area contributed by atoms with Crippen molar-refractivity contribution >= 4 is 0 Å². The first kappa shape index (κ1) is 15.0. The van der Waals surface area contributed by atoms with Gasteiger partial charge in [-0.25, -0.2) is 0 Å². The van der Waals surface area contributed by atoms with Gasteiger partial charge in [-0.3, -0.25) is 0 Å². The lowest BCUT2D eigenvalue weighted by Crippen LogP contribution is -2.18. The molecule has 92 valence electrons. The fourth-order valence-corrected chi connectivity index (χ4v) is 2.32. The molecule has 0 aromatic carbocycles. The maximum absolute atomic E-state index is 8.96. The van der Waals surface area contributed by atoms with Crippen molar-refractivity contribution < 1.29 is 5.11 Å². The first-order valence-corrected chi connectivity index (χ1v) is 6.74. The molecule has 1 aliphatic carbocycles. The van der Waals surface area contributed by atoms with Crippen LogP contribution >= 0.6 is 0 Å². The predicted molar refractivity (Wildman–Crippen MR) is 68.0 cm³/mol. The third-order valence-corrected chi connectivity index (χ3v) is 3.03. The summed E-state index contributed by atoms with van der Waals surface area (Å²) in [5.41, 5.74) is 0. The van der Waals surface area contributed by atoms with Crippen LogP contribution in [0, 0.1) is 17.8 Å². The molecule has 0 radical (unpaired) electrons. The summed E-state index contributed by atoms with van der Waals surface area (Å²) in [7, 11) is 0. The average molecular weight is 214 g/mol. The van der Waals surface area contributed by atoms with Crippen molar-refractivity contribution in [1.29, 1.82) is 0 Å². The minimum absolute atomic E-state index is 0.411. The van der Waals surface area contributed by atoms with Gasteiger partial charge >= 0.3 is 0 Å². The van der Waals surface area contributed by atoms with E-state index >= 15 is 0 Å². The highest BCUT2D eigenvalue weighted by molar-refractivity contribution is 4.72. The molecule has 1 aliphatic rings. The summed E-state index contributed by atoms with van der Waals surface area (Å²) in [6.07, 6.45) is 7.85. The molecule has 0 aliphatic heterocycles. The fourth-order valence-electron chi connectivity index (χ4n) is 2.32. The number of hydrogen-bond donors (Lipinski definition) is 1. The molecule has 1 nitrogen and oxygen atoms in total. The Kier molecular flexibility index (Phi) is 9.18. The molecule has 0 unspecified atom stereocenters. The summed E-state index contributed by atoms with van der Waals surface area (Å²) < 4.78 is 0. The highest BCUT2D eigenvalue weighted by Gasteiger charge is 2.20. The van der Waals surface area contributed by atoms with Gasteiger partial charge in [0, 0.05) is 6.61 Å². The van der Waals surface area contributed by atoms with Gasteiger partial charge in [0.05, 0.1) is 0 Å². The first-order valence-electron chi connectivity index (χ1n) is 6.74. The van der Waals surface area contributed by atoms with Crippen LogP contribution in [-0.2, 0) is 0 Å². The molecule has 0 aromatic heterocycles. The molecule has 0 atom stereocenters. The van der Waals surface area contributed by atoms with Gasteiger partial charge in [0.15, 0.2) is 0 Å². The predicted octanol–water partition coefficient (Wildman–Crippen LogP) is 4.25. The third-order valence-electron chi connectivity index (χ3n) is 3.03. The van der Waals surface area contributed by atoms with Crippen molar-refractivity contribution in [2.75, 3.05) is 6.61 Å². The SMILES string of the molecule is CC(C)CC1CCC(CO)CC1.CCC. The van der Waals surface area contributed by atoms with E-state index in [0.717, 1.165) is 11.8 Å². The van der Waals surface area contributed by atoms with Gasteiger partial charge in [0.1, 0.15) is 0 Å². The monoisotopic (exact) mass is 214 g/mol. The van der Waals surface area contributed by atoms with Crippen LogP contribution in [0.15, 0.2) is 0 Å². The van der Waals surface area contributed by atoms with Crippen LogP contribution in [-0.4, -0.2) is 11.7 Å². The Balaban J connectivity index is 0.000000583. The summed E-state index contributed by atoms with van der Waals surface area (Å²) in [5.74, 6) is 2.42. The summed E-state index contributed by atoms with van der Waals surface area (Å²) in [6, 6.07) is 0. The molecule has 1 N–H and O–H groups in total. The first-order chi connectivity index (χ1) is 7.13. The molecule has 0 spiro atoms. The van der Waals surface area contributed by atoms with Crippen molar-refractivity contribution in [3.05, 3.63) is 0 Å². The topological polar surface area (TPSA) is 20.2 Å². The number of aliphatic hydroxyl groups is 1. The Bertz CT molecular complexity index is 123. The molecule has 1 rings (SSSR count). The minimum atomic E-state index is 0.411. The Morgan fingerprint density at radius 2 is 1.40 bits per heavy atom. The average Bonchev–Trinajstić information content (AvgIpc) is 2.19. The molecule has 1 fully saturated rings. The highest BCUT2D eigenvalue weighted by atomic mass is 16.3. The summed E-state index contributed by atoms with van der Waals surface area (Å²) in [5, 5.41) is 8.96. The van der Waals surface area contributed by atoms with E-state index in [1.54, 1.807) is 0 Å². The van der Waals surface area contributed by atoms with Crippen molar-refractivity contribution in [2.24, 2.45) is 17.8 Å². The van der Waals surface area contributed by atoms with Crippen LogP contribution in [0.3, 0.4) is 0 Å². The van der Waals surface area contributed by atoms with Gasteiger partial charge in [0.2, 0.25) is 0 Å². The van der Waals surface area contributed by atoms with E-state index < -0.39 is 0 Å². The standard InChI is InChI=1S/C11H22O.C3H8/c1-9(2)7-10-3-5-11(8-12)6-4-10;1-3-2/h9-12H,3-8H2,1-2H3;3H2,1-2H3. The van der Waals surface area contributed by atoms with Gasteiger partial charge < -0.3 is 5.11 Å². The molecule has 15 heavy (non-hydrogen) atoms. The fraction of sp³-hybridized carbons (Fsp3) is 1.00. The van der Waals surface area contributed by atoms with E-state index in [0.29, 0.717) is 12.5 Å². The highest BCUT2D eigenvalue weighted by Crippen LogP contribution is 2.32. The van der Waals surface area contributed by atoms with Crippen LogP contribution < -0.4 is 0 Å². The molecule has 0 amide bonds. The lowest BCUT2D eigenvalue weighted by atomic mass is 9.79. The van der Waals surface area contributed by atoms with E-state index in [1.165, 1.54) is 38.5 Å². The molecule has 1 heteroatoms. The molecular formula is C14H30O. The van der Waals surface area contributed by atoms with E-state index in [-0.39, 0.29) is 0 Å². The molecule has 0 heterocycles. The van der Waals surface area contributed by atoms with Gasteiger partial charge in [-0.15, -0.1) is 0 Å². The van der Waals surface area contributed by atoms with Crippen molar-refractivity contribution in [2.45, 2.75) is 66.2 Å². The van der Waals surface area contributed by atoms with Crippen LogP contribution in [0.1, 0.15) is 66.2 Å². The van der Waals surface area contributed by atoms with E-state index in [1.807, 2.05) is 0 Å². The Hall–Kier alpha value is -0.0400. The Morgan fingerprint density at radius 3 is 1.73 bits per heavy atom. The normalized spacial score (nSPS) is 26.0. The van der Waals surface area contributed by atoms with Crippen molar-refractivity contribution in [1.82, 2.24) is 0 Å². The van der Waals surface area contributed by atoms with Gasteiger partial charge in [-0.05, 0) is 37.0 Å². The van der Waals surface area contributed by atoms with Gasteiger partial charge in [0.25, 0.3) is 0 Å². The second-order valence-corrected chi connectivity index (χ2v) is 5.41.